The van der Waals surface area contributed by atoms with E-state index >= 15 is 4.39 Å². The second-order valence-electron chi connectivity index (χ2n) is 11.5. The van der Waals surface area contributed by atoms with Gasteiger partial charge in [0, 0.05) is 47.2 Å². The number of aliphatic hydroxyl groups excluding tert-OH is 1. The van der Waals surface area contributed by atoms with Crippen molar-refractivity contribution in [2.75, 3.05) is 11.9 Å². The van der Waals surface area contributed by atoms with E-state index in [0.29, 0.717) is 28.6 Å². The number of amides is 2. The highest BCUT2D eigenvalue weighted by atomic mass is 19.1. The first-order chi connectivity index (χ1) is 19.4. The Hall–Kier alpha value is -4.38. The third-order valence-electron chi connectivity index (χ3n) is 7.69. The van der Waals surface area contributed by atoms with Crippen molar-refractivity contribution in [3.63, 3.8) is 0 Å². The van der Waals surface area contributed by atoms with Crippen molar-refractivity contribution in [3.05, 3.63) is 71.8 Å². The highest BCUT2D eigenvalue weighted by Gasteiger charge is 2.69. The maximum atomic E-state index is 16.1. The molecule has 0 bridgehead atoms. The zero-order valence-corrected chi connectivity index (χ0v) is 23.6. The van der Waals surface area contributed by atoms with Gasteiger partial charge in [-0.25, -0.2) is 9.18 Å². The average Bonchev–Trinajstić information content (AvgIpc) is 3.26. The summed E-state index contributed by atoms with van der Waals surface area (Å²) in [6.07, 6.45) is 7.28. The molecule has 1 aliphatic carbocycles. The fraction of sp³-hybridized carbons (Fsp3) is 0.367. The largest absolute Gasteiger partial charge is 0.444 e. The molecule has 3 atom stereocenters. The quantitative estimate of drug-likeness (QED) is 0.303. The second kappa shape index (κ2) is 10.2. The van der Waals surface area contributed by atoms with E-state index in [2.05, 4.69) is 20.4 Å². The smallest absolute Gasteiger partial charge is 0.412 e. The lowest BCUT2D eigenvalue weighted by atomic mass is 9.91. The van der Waals surface area contributed by atoms with Crippen LogP contribution in [0.25, 0.3) is 21.9 Å². The molecule has 0 aliphatic heterocycles. The number of nitrogens with two attached hydrogens (primary N) is 1. The number of pyridine rings is 2. The third kappa shape index (κ3) is 4.90. The molecule has 214 valence electrons. The summed E-state index contributed by atoms with van der Waals surface area (Å²) in [6, 6.07) is 5.16. The summed E-state index contributed by atoms with van der Waals surface area (Å²) in [5, 5.41) is 17.0. The number of ether oxygens (including phenoxy) is 1. The Bertz CT molecular complexity index is 1660. The molecule has 1 aromatic carbocycles. The van der Waals surface area contributed by atoms with Crippen LogP contribution in [0, 0.1) is 18.7 Å². The maximum absolute atomic E-state index is 16.1. The Morgan fingerprint density at radius 2 is 1.98 bits per heavy atom. The first-order valence-corrected chi connectivity index (χ1v) is 13.3. The van der Waals surface area contributed by atoms with Crippen molar-refractivity contribution in [1.82, 2.24) is 19.7 Å². The second-order valence-corrected chi connectivity index (χ2v) is 11.5. The molecule has 1 aliphatic rings. The zero-order chi connectivity index (χ0) is 29.7. The van der Waals surface area contributed by atoms with Crippen LogP contribution in [0.15, 0.2) is 49.2 Å². The number of aliphatic hydroxyl groups is 1. The van der Waals surface area contributed by atoms with Crippen molar-refractivity contribution in [3.8, 4) is 11.1 Å². The molecule has 10 nitrogen and oxygen atoms in total. The van der Waals surface area contributed by atoms with Crippen LogP contribution < -0.4 is 11.1 Å². The summed E-state index contributed by atoms with van der Waals surface area (Å²) in [5.41, 5.74) is 6.84. The Labute approximate surface area is 236 Å². The molecule has 0 saturated heterocycles. The number of hydrogen-bond donors (Lipinski definition) is 3. The number of halogens is 1. The minimum absolute atomic E-state index is 0.0660. The van der Waals surface area contributed by atoms with Crippen molar-refractivity contribution >= 4 is 28.5 Å². The standard InChI is InChI=1S/C30H33FN6O4/c1-16-6-7-33-13-21(16)20-10-18-11-23(34-14-22(18)26(25(20)31)36-28(40)41-29(3,4)5)30(27(32)39)17(2)24(30)19-12-35-37(15-19)8-9-38/h6-7,10-15,17,24,38H,8-9H2,1-5H3,(H2,32,39)(H,36,40). The van der Waals surface area contributed by atoms with Crippen LogP contribution >= 0.6 is 0 Å². The number of nitrogens with one attached hydrogen (secondary N) is 1. The number of aromatic nitrogens is 4. The van der Waals surface area contributed by atoms with E-state index in [4.69, 9.17) is 10.5 Å². The number of aryl methyl sites for hydroxylation is 1. The van der Waals surface area contributed by atoms with Crippen LogP contribution in [0.5, 0.6) is 0 Å². The van der Waals surface area contributed by atoms with Crippen molar-refractivity contribution < 1.29 is 23.8 Å². The monoisotopic (exact) mass is 560 g/mol. The molecular weight excluding hydrogens is 527 g/mol. The molecule has 3 heterocycles. The Kier molecular flexibility index (Phi) is 7.02. The molecule has 4 aromatic rings. The van der Waals surface area contributed by atoms with Gasteiger partial charge in [-0.3, -0.25) is 24.8 Å². The number of benzene rings is 1. The van der Waals surface area contributed by atoms with Gasteiger partial charge in [0.25, 0.3) is 0 Å². The fourth-order valence-corrected chi connectivity index (χ4v) is 5.74. The molecule has 1 fully saturated rings. The lowest BCUT2D eigenvalue weighted by molar-refractivity contribution is -0.121. The van der Waals surface area contributed by atoms with Gasteiger partial charge in [0.05, 0.1) is 30.7 Å². The molecular formula is C30H33FN6O4. The summed E-state index contributed by atoms with van der Waals surface area (Å²) in [6.45, 7) is 9.18. The normalized spacial score (nSPS) is 20.2. The van der Waals surface area contributed by atoms with Gasteiger partial charge in [0.15, 0.2) is 5.82 Å². The van der Waals surface area contributed by atoms with Crippen LogP contribution in [0.2, 0.25) is 0 Å². The summed E-state index contributed by atoms with van der Waals surface area (Å²) in [5.74, 6) is -1.66. The van der Waals surface area contributed by atoms with Crippen molar-refractivity contribution in [1.29, 1.82) is 0 Å². The number of primary amides is 1. The van der Waals surface area contributed by atoms with Crippen LogP contribution in [0.3, 0.4) is 0 Å². The average molecular weight is 561 g/mol. The number of anilines is 1. The molecule has 0 radical (unpaired) electrons. The minimum atomic E-state index is -1.11. The highest BCUT2D eigenvalue weighted by molar-refractivity contribution is 6.04. The molecule has 1 saturated carbocycles. The number of hydrogen-bond acceptors (Lipinski definition) is 7. The summed E-state index contributed by atoms with van der Waals surface area (Å²) < 4.78 is 23.1. The Morgan fingerprint density at radius 1 is 1.22 bits per heavy atom. The molecule has 3 unspecified atom stereocenters. The van der Waals surface area contributed by atoms with E-state index in [9.17, 15) is 14.7 Å². The van der Waals surface area contributed by atoms with Crippen molar-refractivity contribution in [2.24, 2.45) is 11.7 Å². The van der Waals surface area contributed by atoms with Gasteiger partial charge in [-0.15, -0.1) is 0 Å². The lowest BCUT2D eigenvalue weighted by Gasteiger charge is -2.21. The number of carbonyl (C=O) groups is 2. The lowest BCUT2D eigenvalue weighted by Crippen LogP contribution is -2.32. The summed E-state index contributed by atoms with van der Waals surface area (Å²) in [4.78, 5) is 34.6. The van der Waals surface area contributed by atoms with E-state index in [1.54, 1.807) is 68.4 Å². The van der Waals surface area contributed by atoms with Gasteiger partial charge < -0.3 is 15.6 Å². The third-order valence-corrected chi connectivity index (χ3v) is 7.69. The van der Waals surface area contributed by atoms with Crippen LogP contribution in [0.4, 0.5) is 14.9 Å². The molecule has 2 amide bonds. The number of carbonyl (C=O) groups excluding carboxylic acids is 2. The van der Waals surface area contributed by atoms with Gasteiger partial charge in [-0.1, -0.05) is 6.92 Å². The minimum Gasteiger partial charge on any atom is -0.444 e. The molecule has 3 aromatic heterocycles. The topological polar surface area (TPSA) is 145 Å². The molecule has 41 heavy (non-hydrogen) atoms. The van der Waals surface area contributed by atoms with Gasteiger partial charge >= 0.3 is 6.09 Å². The van der Waals surface area contributed by atoms with Crippen LogP contribution in [0.1, 0.15) is 50.4 Å². The summed E-state index contributed by atoms with van der Waals surface area (Å²) >= 11 is 0. The van der Waals surface area contributed by atoms with E-state index in [1.807, 2.05) is 13.8 Å². The molecule has 5 rings (SSSR count). The first kappa shape index (κ1) is 28.2. The fourth-order valence-electron chi connectivity index (χ4n) is 5.74. The highest BCUT2D eigenvalue weighted by Crippen LogP contribution is 2.65. The molecule has 4 N–H and O–H groups in total. The summed E-state index contributed by atoms with van der Waals surface area (Å²) in [7, 11) is 0. The predicted molar refractivity (Wildman–Crippen MR) is 152 cm³/mol. The van der Waals surface area contributed by atoms with E-state index in [1.165, 1.54) is 6.20 Å². The van der Waals surface area contributed by atoms with Gasteiger partial charge in [0.1, 0.15) is 11.0 Å². The Morgan fingerprint density at radius 3 is 2.63 bits per heavy atom. The number of rotatable bonds is 7. The predicted octanol–water partition coefficient (Wildman–Crippen LogP) is 4.44. The zero-order valence-electron chi connectivity index (χ0n) is 23.6. The van der Waals surface area contributed by atoms with Crippen molar-refractivity contribution in [2.45, 2.75) is 58.1 Å². The van der Waals surface area contributed by atoms with E-state index in [-0.39, 0.29) is 29.7 Å². The number of nitrogens with zero attached hydrogens (tertiary/aromatic N) is 4. The van der Waals surface area contributed by atoms with Crippen LogP contribution in [-0.4, -0.2) is 49.1 Å². The van der Waals surface area contributed by atoms with Gasteiger partial charge in [-0.05, 0) is 68.3 Å². The van der Waals surface area contributed by atoms with Gasteiger partial charge in [-0.2, -0.15) is 5.10 Å². The first-order valence-electron chi connectivity index (χ1n) is 13.3. The Balaban J connectivity index is 1.67. The number of fused-ring (bicyclic) bond motifs is 1. The maximum Gasteiger partial charge on any atom is 0.412 e. The van der Waals surface area contributed by atoms with E-state index in [0.717, 1.165) is 11.1 Å². The van der Waals surface area contributed by atoms with Crippen LogP contribution in [-0.2, 0) is 21.5 Å². The molecule has 0 spiro atoms. The molecule has 11 heteroatoms. The van der Waals surface area contributed by atoms with E-state index < -0.39 is 28.8 Å². The SMILES string of the molecule is Cc1ccncc1-c1cc2cc(C3(C(N)=O)C(C)C3c3cnn(CCO)c3)ncc2c(NC(=O)OC(C)(C)C)c1F. The van der Waals surface area contributed by atoms with Gasteiger partial charge in [0.2, 0.25) is 5.91 Å².